The number of thiophene rings is 1. The Bertz CT molecular complexity index is 1400. The Hall–Kier alpha value is -3.30. The minimum Gasteiger partial charge on any atom is -0.454 e. The van der Waals surface area contributed by atoms with Gasteiger partial charge in [-0.3, -0.25) is 14.2 Å². The first-order valence-corrected chi connectivity index (χ1v) is 12.1. The summed E-state index contributed by atoms with van der Waals surface area (Å²) in [7, 11) is 1.69. The molecule has 168 valence electrons. The molecule has 0 spiro atoms. The smallest absolute Gasteiger partial charge is 0.262 e. The molecule has 33 heavy (non-hydrogen) atoms. The Morgan fingerprint density at radius 2 is 1.97 bits per heavy atom. The third kappa shape index (κ3) is 4.34. The number of benzene rings is 2. The summed E-state index contributed by atoms with van der Waals surface area (Å²) in [5, 5.41) is 3.61. The predicted molar refractivity (Wildman–Crippen MR) is 130 cm³/mol. The molecule has 1 atom stereocenters. The van der Waals surface area contributed by atoms with Crippen LogP contribution in [0.25, 0.3) is 20.7 Å². The van der Waals surface area contributed by atoms with Crippen molar-refractivity contribution in [2.24, 2.45) is 7.05 Å². The zero-order valence-corrected chi connectivity index (χ0v) is 19.7. The molecule has 2 aromatic carbocycles. The molecule has 5 rings (SSSR count). The van der Waals surface area contributed by atoms with Crippen molar-refractivity contribution in [2.75, 3.05) is 6.79 Å². The van der Waals surface area contributed by atoms with Gasteiger partial charge in [0, 0.05) is 18.5 Å². The summed E-state index contributed by atoms with van der Waals surface area (Å²) in [4.78, 5) is 32.0. The van der Waals surface area contributed by atoms with E-state index in [2.05, 4.69) is 5.32 Å². The van der Waals surface area contributed by atoms with Crippen molar-refractivity contribution in [2.45, 2.75) is 23.9 Å². The van der Waals surface area contributed by atoms with Gasteiger partial charge >= 0.3 is 0 Å². The maximum Gasteiger partial charge on any atom is 0.262 e. The summed E-state index contributed by atoms with van der Waals surface area (Å²) in [5.74, 6) is 1.26. The van der Waals surface area contributed by atoms with Gasteiger partial charge < -0.3 is 14.8 Å². The number of carbonyl (C=O) groups excluding carboxylic acids is 1. The molecule has 1 aliphatic rings. The monoisotopic (exact) mass is 479 g/mol. The van der Waals surface area contributed by atoms with Crippen LogP contribution in [0.3, 0.4) is 0 Å². The van der Waals surface area contributed by atoms with E-state index in [1.807, 2.05) is 54.6 Å². The molecule has 1 amide bonds. The van der Waals surface area contributed by atoms with Gasteiger partial charge in [-0.25, -0.2) is 4.98 Å². The molecular formula is C24H21N3O4S2. The summed E-state index contributed by atoms with van der Waals surface area (Å²) in [5.41, 5.74) is 1.85. The zero-order valence-electron chi connectivity index (χ0n) is 18.0. The van der Waals surface area contributed by atoms with Gasteiger partial charge in [0.25, 0.3) is 5.56 Å². The highest BCUT2D eigenvalue weighted by atomic mass is 32.2. The first-order chi connectivity index (χ1) is 16.0. The topological polar surface area (TPSA) is 82.5 Å². The first kappa shape index (κ1) is 21.5. The number of hydrogen-bond acceptors (Lipinski definition) is 7. The Kier molecular flexibility index (Phi) is 5.82. The molecule has 0 aliphatic carbocycles. The fraction of sp³-hybridized carbons (Fsp3) is 0.208. The van der Waals surface area contributed by atoms with Crippen LogP contribution in [-0.4, -0.2) is 27.5 Å². The maximum absolute atomic E-state index is 12.9. The van der Waals surface area contributed by atoms with Crippen molar-refractivity contribution in [1.29, 1.82) is 0 Å². The third-order valence-electron chi connectivity index (χ3n) is 5.35. The van der Waals surface area contributed by atoms with Crippen LogP contribution in [0, 0.1) is 0 Å². The lowest BCUT2D eigenvalue weighted by Gasteiger charge is -2.13. The molecule has 2 aromatic heterocycles. The minimum atomic E-state index is -0.428. The van der Waals surface area contributed by atoms with Crippen LogP contribution in [0.4, 0.5) is 0 Å². The molecule has 0 saturated carbocycles. The van der Waals surface area contributed by atoms with Crippen molar-refractivity contribution in [3.8, 4) is 21.9 Å². The molecule has 7 nitrogen and oxygen atoms in total. The lowest BCUT2D eigenvalue weighted by molar-refractivity contribution is -0.120. The summed E-state index contributed by atoms with van der Waals surface area (Å²) < 4.78 is 12.2. The molecule has 0 radical (unpaired) electrons. The van der Waals surface area contributed by atoms with Gasteiger partial charge in [-0.15, -0.1) is 11.3 Å². The Morgan fingerprint density at radius 3 is 2.79 bits per heavy atom. The van der Waals surface area contributed by atoms with Crippen molar-refractivity contribution >= 4 is 39.2 Å². The number of thioether (sulfide) groups is 1. The largest absolute Gasteiger partial charge is 0.454 e. The second-order valence-electron chi connectivity index (χ2n) is 7.62. The summed E-state index contributed by atoms with van der Waals surface area (Å²) in [6, 6.07) is 17.4. The number of hydrogen-bond donors (Lipinski definition) is 1. The number of carbonyl (C=O) groups is 1. The van der Waals surface area contributed by atoms with Gasteiger partial charge in [-0.1, -0.05) is 48.2 Å². The van der Waals surface area contributed by atoms with Gasteiger partial charge in [-0.2, -0.15) is 0 Å². The molecule has 1 aliphatic heterocycles. The molecule has 0 fully saturated rings. The van der Waals surface area contributed by atoms with Gasteiger partial charge in [0.05, 0.1) is 10.6 Å². The Morgan fingerprint density at radius 1 is 1.18 bits per heavy atom. The number of aromatic nitrogens is 2. The van der Waals surface area contributed by atoms with Crippen molar-refractivity contribution in [3.05, 3.63) is 70.5 Å². The average molecular weight is 480 g/mol. The number of ether oxygens (including phenoxy) is 2. The van der Waals surface area contributed by atoms with Gasteiger partial charge in [0.15, 0.2) is 16.7 Å². The van der Waals surface area contributed by atoms with Gasteiger partial charge in [-0.05, 0) is 36.2 Å². The van der Waals surface area contributed by atoms with Crippen molar-refractivity contribution in [3.63, 3.8) is 0 Å². The van der Waals surface area contributed by atoms with E-state index < -0.39 is 5.25 Å². The summed E-state index contributed by atoms with van der Waals surface area (Å²) in [6.45, 7) is 2.39. The Labute approximate surface area is 198 Å². The van der Waals surface area contributed by atoms with E-state index >= 15 is 0 Å². The van der Waals surface area contributed by atoms with E-state index in [0.717, 1.165) is 16.0 Å². The standard InChI is InChI=1S/C24H21N3O4S2/c1-14(21(28)25-12-15-8-9-18-19(10-15)31-13-30-18)32-24-26-22-17(23(29)27(24)2)11-20(33-22)16-6-4-3-5-7-16/h3-11,14H,12-13H2,1-2H3,(H,25,28). The highest BCUT2D eigenvalue weighted by molar-refractivity contribution is 8.00. The first-order valence-electron chi connectivity index (χ1n) is 10.4. The summed E-state index contributed by atoms with van der Waals surface area (Å²) >= 11 is 2.75. The van der Waals surface area contributed by atoms with Crippen LogP contribution in [-0.2, 0) is 18.4 Å². The van der Waals surface area contributed by atoms with E-state index in [9.17, 15) is 9.59 Å². The van der Waals surface area contributed by atoms with Crippen molar-refractivity contribution < 1.29 is 14.3 Å². The quantitative estimate of drug-likeness (QED) is 0.330. The van der Waals surface area contributed by atoms with Crippen LogP contribution < -0.4 is 20.3 Å². The predicted octanol–water partition coefficient (Wildman–Crippen LogP) is 4.19. The van der Waals surface area contributed by atoms with Crippen LogP contribution in [0.2, 0.25) is 0 Å². The number of fused-ring (bicyclic) bond motifs is 2. The third-order valence-corrected chi connectivity index (χ3v) is 7.57. The lowest BCUT2D eigenvalue weighted by Crippen LogP contribution is -2.31. The van der Waals surface area contributed by atoms with Gasteiger partial charge in [0.1, 0.15) is 4.83 Å². The molecular weight excluding hydrogens is 458 g/mol. The normalized spacial score (nSPS) is 13.3. The fourth-order valence-electron chi connectivity index (χ4n) is 3.49. The minimum absolute atomic E-state index is 0.117. The second kappa shape index (κ2) is 8.92. The van der Waals surface area contributed by atoms with E-state index in [4.69, 9.17) is 14.5 Å². The summed E-state index contributed by atoms with van der Waals surface area (Å²) in [6.07, 6.45) is 0. The molecule has 1 N–H and O–H groups in total. The van der Waals surface area contributed by atoms with Crippen LogP contribution in [0.5, 0.6) is 11.5 Å². The van der Waals surface area contributed by atoms with E-state index in [1.165, 1.54) is 27.7 Å². The SMILES string of the molecule is CC(Sc1nc2sc(-c3ccccc3)cc2c(=O)n1C)C(=O)NCc1ccc2c(c1)OCO2. The molecule has 1 unspecified atom stereocenters. The van der Waals surface area contributed by atoms with E-state index in [-0.39, 0.29) is 18.3 Å². The second-order valence-corrected chi connectivity index (χ2v) is 9.96. The van der Waals surface area contributed by atoms with Crippen LogP contribution in [0.15, 0.2) is 64.5 Å². The Balaban J connectivity index is 1.31. The number of rotatable bonds is 6. The lowest BCUT2D eigenvalue weighted by atomic mass is 10.2. The van der Waals surface area contributed by atoms with Crippen LogP contribution in [0.1, 0.15) is 12.5 Å². The van der Waals surface area contributed by atoms with E-state index in [1.54, 1.807) is 14.0 Å². The molecule has 3 heterocycles. The number of amides is 1. The number of nitrogens with zero attached hydrogens (tertiary/aromatic N) is 2. The highest BCUT2D eigenvalue weighted by Gasteiger charge is 2.20. The molecule has 0 saturated heterocycles. The molecule has 0 bridgehead atoms. The maximum atomic E-state index is 12.9. The highest BCUT2D eigenvalue weighted by Crippen LogP contribution is 2.33. The van der Waals surface area contributed by atoms with Crippen LogP contribution >= 0.6 is 23.1 Å². The fourth-order valence-corrected chi connectivity index (χ4v) is 5.47. The zero-order chi connectivity index (χ0) is 22.9. The number of nitrogens with one attached hydrogen (secondary N) is 1. The van der Waals surface area contributed by atoms with Crippen molar-refractivity contribution in [1.82, 2.24) is 14.9 Å². The average Bonchev–Trinajstić information content (AvgIpc) is 3.48. The molecule has 4 aromatic rings. The van der Waals surface area contributed by atoms with Gasteiger partial charge in [0.2, 0.25) is 12.7 Å². The van der Waals surface area contributed by atoms with E-state index in [0.29, 0.717) is 33.4 Å². The molecule has 9 heteroatoms.